The molecule has 2 fully saturated rings. The summed E-state index contributed by atoms with van der Waals surface area (Å²) in [7, 11) is 0. The lowest BCUT2D eigenvalue weighted by Gasteiger charge is -2.38. The molecular weight excluding hydrogens is 246 g/mol. The molecule has 20 heavy (non-hydrogen) atoms. The third kappa shape index (κ3) is 3.60. The van der Waals surface area contributed by atoms with Gasteiger partial charge >= 0.3 is 0 Å². The van der Waals surface area contributed by atoms with Crippen LogP contribution >= 0.6 is 0 Å². The molecule has 2 aliphatic heterocycles. The van der Waals surface area contributed by atoms with Crippen LogP contribution in [0, 0.1) is 0 Å². The molecular formula is C17H27N3. The molecule has 0 aliphatic carbocycles. The highest BCUT2D eigenvalue weighted by molar-refractivity contribution is 5.20. The summed E-state index contributed by atoms with van der Waals surface area (Å²) in [4.78, 5) is 5.31. The smallest absolute Gasteiger partial charge is 0.0473 e. The van der Waals surface area contributed by atoms with Gasteiger partial charge in [-0.25, -0.2) is 0 Å². The minimum absolute atomic E-state index is 0.551. The van der Waals surface area contributed by atoms with Gasteiger partial charge in [0, 0.05) is 38.8 Å². The molecule has 3 rings (SSSR count). The van der Waals surface area contributed by atoms with Crippen molar-refractivity contribution in [3.63, 3.8) is 0 Å². The van der Waals surface area contributed by atoms with Gasteiger partial charge in [-0.15, -0.1) is 0 Å². The maximum Gasteiger partial charge on any atom is 0.0473 e. The van der Waals surface area contributed by atoms with Crippen LogP contribution in [0.5, 0.6) is 0 Å². The van der Waals surface area contributed by atoms with E-state index in [1.54, 1.807) is 0 Å². The minimum atomic E-state index is 0.551. The van der Waals surface area contributed by atoms with Crippen LogP contribution in [0.4, 0.5) is 0 Å². The monoisotopic (exact) mass is 273 g/mol. The van der Waals surface area contributed by atoms with E-state index in [9.17, 15) is 0 Å². The molecule has 0 amide bonds. The van der Waals surface area contributed by atoms with Crippen molar-refractivity contribution in [1.82, 2.24) is 15.1 Å². The molecule has 0 aromatic heterocycles. The summed E-state index contributed by atoms with van der Waals surface area (Å²) in [5.74, 6) is 0. The van der Waals surface area contributed by atoms with Crippen molar-refractivity contribution in [2.45, 2.75) is 25.3 Å². The van der Waals surface area contributed by atoms with Gasteiger partial charge < -0.3 is 10.2 Å². The molecule has 0 radical (unpaired) electrons. The van der Waals surface area contributed by atoms with E-state index in [2.05, 4.69) is 45.4 Å². The van der Waals surface area contributed by atoms with Crippen LogP contribution in [0.25, 0.3) is 0 Å². The van der Waals surface area contributed by atoms with E-state index in [0.717, 1.165) is 13.1 Å². The van der Waals surface area contributed by atoms with E-state index >= 15 is 0 Å². The Morgan fingerprint density at radius 1 is 0.950 bits per heavy atom. The first kappa shape index (κ1) is 14.1. The number of nitrogens with zero attached hydrogens (tertiary/aromatic N) is 2. The average Bonchev–Trinajstić information content (AvgIpc) is 2.55. The predicted octanol–water partition coefficient (Wildman–Crippen LogP) is 2.12. The first-order valence-electron chi connectivity index (χ1n) is 8.15. The lowest BCUT2D eigenvalue weighted by Crippen LogP contribution is -2.48. The largest absolute Gasteiger partial charge is 0.314 e. The number of nitrogens with one attached hydrogen (secondary N) is 1. The van der Waals surface area contributed by atoms with E-state index in [0.29, 0.717) is 6.04 Å². The normalized spacial score (nSPS) is 25.7. The maximum absolute atomic E-state index is 3.55. The van der Waals surface area contributed by atoms with Gasteiger partial charge in [-0.3, -0.25) is 4.90 Å². The van der Waals surface area contributed by atoms with E-state index in [1.165, 1.54) is 57.5 Å². The molecule has 2 saturated heterocycles. The van der Waals surface area contributed by atoms with Crippen molar-refractivity contribution in [3.8, 4) is 0 Å². The molecule has 2 heterocycles. The molecule has 3 heteroatoms. The molecule has 0 bridgehead atoms. The Morgan fingerprint density at radius 2 is 1.75 bits per heavy atom. The van der Waals surface area contributed by atoms with Gasteiger partial charge in [-0.05, 0) is 31.5 Å². The van der Waals surface area contributed by atoms with Crippen molar-refractivity contribution in [1.29, 1.82) is 0 Å². The Balaban J connectivity index is 1.57. The third-order valence-electron chi connectivity index (χ3n) is 4.69. The van der Waals surface area contributed by atoms with Crippen LogP contribution in [-0.2, 0) is 0 Å². The SMILES string of the molecule is c1ccc(C2CNCCN2CCN2CCCCC2)cc1. The van der Waals surface area contributed by atoms with E-state index < -0.39 is 0 Å². The molecule has 1 atom stereocenters. The highest BCUT2D eigenvalue weighted by Crippen LogP contribution is 2.21. The standard InChI is InChI=1S/C17H27N3/c1-3-7-16(8-4-1)17-15-18-9-12-20(17)14-13-19-10-5-2-6-11-19/h1,3-4,7-8,17-18H,2,5-6,9-15H2. The number of hydrogen-bond acceptors (Lipinski definition) is 3. The molecule has 110 valence electrons. The Labute approximate surface area is 123 Å². The van der Waals surface area contributed by atoms with E-state index in [4.69, 9.17) is 0 Å². The fourth-order valence-electron chi connectivity index (χ4n) is 3.47. The number of hydrogen-bond donors (Lipinski definition) is 1. The van der Waals surface area contributed by atoms with Crippen LogP contribution in [-0.4, -0.2) is 55.6 Å². The van der Waals surface area contributed by atoms with Crippen molar-refractivity contribution >= 4 is 0 Å². The van der Waals surface area contributed by atoms with Gasteiger partial charge in [-0.2, -0.15) is 0 Å². The average molecular weight is 273 g/mol. The second kappa shape index (κ2) is 7.21. The second-order valence-electron chi connectivity index (χ2n) is 6.07. The Hall–Kier alpha value is -0.900. The maximum atomic E-state index is 3.55. The van der Waals surface area contributed by atoms with Crippen LogP contribution in [0.3, 0.4) is 0 Å². The van der Waals surface area contributed by atoms with Gasteiger partial charge in [0.05, 0.1) is 0 Å². The quantitative estimate of drug-likeness (QED) is 0.906. The highest BCUT2D eigenvalue weighted by atomic mass is 15.2. The molecule has 1 N–H and O–H groups in total. The van der Waals surface area contributed by atoms with Crippen LogP contribution in [0.2, 0.25) is 0 Å². The summed E-state index contributed by atoms with van der Waals surface area (Å²) >= 11 is 0. The number of benzene rings is 1. The lowest BCUT2D eigenvalue weighted by molar-refractivity contribution is 0.127. The zero-order valence-corrected chi connectivity index (χ0v) is 12.4. The molecule has 0 spiro atoms. The van der Waals surface area contributed by atoms with Gasteiger partial charge in [0.1, 0.15) is 0 Å². The lowest BCUT2D eigenvalue weighted by atomic mass is 10.0. The number of piperazine rings is 1. The zero-order chi connectivity index (χ0) is 13.6. The highest BCUT2D eigenvalue weighted by Gasteiger charge is 2.23. The molecule has 1 unspecified atom stereocenters. The van der Waals surface area contributed by atoms with E-state index in [-0.39, 0.29) is 0 Å². The van der Waals surface area contributed by atoms with Crippen molar-refractivity contribution < 1.29 is 0 Å². The Bertz CT molecular complexity index is 386. The Kier molecular flexibility index (Phi) is 5.06. The number of piperidine rings is 1. The topological polar surface area (TPSA) is 18.5 Å². The molecule has 0 saturated carbocycles. The van der Waals surface area contributed by atoms with Crippen molar-refractivity contribution in [2.24, 2.45) is 0 Å². The van der Waals surface area contributed by atoms with Crippen LogP contribution in [0.1, 0.15) is 30.9 Å². The number of likely N-dealkylation sites (tertiary alicyclic amines) is 1. The number of rotatable bonds is 4. The first-order valence-corrected chi connectivity index (χ1v) is 8.15. The van der Waals surface area contributed by atoms with Crippen LogP contribution in [0.15, 0.2) is 30.3 Å². The summed E-state index contributed by atoms with van der Waals surface area (Å²) < 4.78 is 0. The third-order valence-corrected chi connectivity index (χ3v) is 4.69. The van der Waals surface area contributed by atoms with Gasteiger partial charge in [-0.1, -0.05) is 36.8 Å². The van der Waals surface area contributed by atoms with Crippen molar-refractivity contribution in [2.75, 3.05) is 45.8 Å². The summed E-state index contributed by atoms with van der Waals surface area (Å²) in [6.07, 6.45) is 4.21. The van der Waals surface area contributed by atoms with Crippen LogP contribution < -0.4 is 5.32 Å². The Morgan fingerprint density at radius 3 is 2.55 bits per heavy atom. The fourth-order valence-corrected chi connectivity index (χ4v) is 3.47. The minimum Gasteiger partial charge on any atom is -0.314 e. The summed E-state index contributed by atoms with van der Waals surface area (Å²) in [5.41, 5.74) is 1.46. The summed E-state index contributed by atoms with van der Waals surface area (Å²) in [6.45, 7) is 8.45. The molecule has 1 aromatic rings. The second-order valence-corrected chi connectivity index (χ2v) is 6.07. The van der Waals surface area contributed by atoms with Crippen molar-refractivity contribution in [3.05, 3.63) is 35.9 Å². The predicted molar refractivity (Wildman–Crippen MR) is 83.9 cm³/mol. The van der Waals surface area contributed by atoms with Gasteiger partial charge in [0.2, 0.25) is 0 Å². The summed E-state index contributed by atoms with van der Waals surface area (Å²) in [6, 6.07) is 11.5. The zero-order valence-electron chi connectivity index (χ0n) is 12.4. The summed E-state index contributed by atoms with van der Waals surface area (Å²) in [5, 5.41) is 3.55. The van der Waals surface area contributed by atoms with Gasteiger partial charge in [0.25, 0.3) is 0 Å². The van der Waals surface area contributed by atoms with Gasteiger partial charge in [0.15, 0.2) is 0 Å². The fraction of sp³-hybridized carbons (Fsp3) is 0.647. The molecule has 3 nitrogen and oxygen atoms in total. The molecule has 2 aliphatic rings. The molecule has 1 aromatic carbocycles. The first-order chi connectivity index (χ1) is 9.93. The van der Waals surface area contributed by atoms with E-state index in [1.807, 2.05) is 0 Å².